The first-order valence-electron chi connectivity index (χ1n) is 7.77. The monoisotopic (exact) mass is 363 g/mol. The average molecular weight is 364 g/mol. The highest BCUT2D eigenvalue weighted by atomic mass is 35.5. The van der Waals surface area contributed by atoms with Crippen LogP contribution in [0.5, 0.6) is 0 Å². The molecule has 1 atom stereocenters. The topological polar surface area (TPSA) is 45.5 Å². The molecule has 1 saturated heterocycles. The third-order valence-electron chi connectivity index (χ3n) is 4.28. The zero-order valence-corrected chi connectivity index (χ0v) is 14.7. The SMILES string of the molecule is Cl.Clc1ccc2nc(CN3CCNCC3c3ccncc3)cn2c1. The second kappa shape index (κ2) is 7.49. The summed E-state index contributed by atoms with van der Waals surface area (Å²) in [5, 5.41) is 4.20. The molecule has 0 aromatic carbocycles. The number of aromatic nitrogens is 3. The maximum absolute atomic E-state index is 6.05. The van der Waals surface area contributed by atoms with E-state index in [0.29, 0.717) is 6.04 Å². The quantitative estimate of drug-likeness (QED) is 0.776. The summed E-state index contributed by atoms with van der Waals surface area (Å²) in [5.74, 6) is 0. The molecular weight excluding hydrogens is 345 g/mol. The number of fused-ring (bicyclic) bond motifs is 1. The van der Waals surface area contributed by atoms with Crippen LogP contribution < -0.4 is 5.32 Å². The summed E-state index contributed by atoms with van der Waals surface area (Å²) in [4.78, 5) is 11.3. The van der Waals surface area contributed by atoms with Gasteiger partial charge in [0.2, 0.25) is 0 Å². The van der Waals surface area contributed by atoms with Crippen LogP contribution in [0.3, 0.4) is 0 Å². The molecule has 0 saturated carbocycles. The molecule has 1 unspecified atom stereocenters. The van der Waals surface area contributed by atoms with Crippen LogP contribution in [-0.4, -0.2) is 38.9 Å². The molecule has 24 heavy (non-hydrogen) atoms. The van der Waals surface area contributed by atoms with Crippen LogP contribution in [0.15, 0.2) is 49.1 Å². The van der Waals surface area contributed by atoms with Crippen LogP contribution >= 0.6 is 24.0 Å². The van der Waals surface area contributed by atoms with Crippen LogP contribution in [0.1, 0.15) is 17.3 Å². The maximum Gasteiger partial charge on any atom is 0.137 e. The molecule has 3 aromatic rings. The Morgan fingerprint density at radius 3 is 2.83 bits per heavy atom. The van der Waals surface area contributed by atoms with E-state index in [2.05, 4.69) is 33.5 Å². The molecule has 0 radical (unpaired) electrons. The van der Waals surface area contributed by atoms with Crippen molar-refractivity contribution in [3.8, 4) is 0 Å². The molecule has 126 valence electrons. The van der Waals surface area contributed by atoms with Gasteiger partial charge in [-0.3, -0.25) is 9.88 Å². The molecular formula is C17H19Cl2N5. The number of hydrogen-bond donors (Lipinski definition) is 1. The normalized spacial score (nSPS) is 18.5. The maximum atomic E-state index is 6.05. The van der Waals surface area contributed by atoms with E-state index in [1.165, 1.54) is 5.56 Å². The van der Waals surface area contributed by atoms with Gasteiger partial charge in [-0.25, -0.2) is 4.98 Å². The minimum absolute atomic E-state index is 0. The largest absolute Gasteiger partial charge is 0.314 e. The Hall–Kier alpha value is -1.66. The van der Waals surface area contributed by atoms with Crippen LogP contribution in [0.25, 0.3) is 5.65 Å². The van der Waals surface area contributed by atoms with Gasteiger partial charge in [-0.1, -0.05) is 11.6 Å². The second-order valence-electron chi connectivity index (χ2n) is 5.82. The smallest absolute Gasteiger partial charge is 0.137 e. The molecule has 0 spiro atoms. The first-order valence-corrected chi connectivity index (χ1v) is 8.15. The number of nitrogens with one attached hydrogen (secondary N) is 1. The second-order valence-corrected chi connectivity index (χ2v) is 6.25. The minimum Gasteiger partial charge on any atom is -0.314 e. The van der Waals surface area contributed by atoms with Gasteiger partial charge < -0.3 is 9.72 Å². The molecule has 4 rings (SSSR count). The number of halogens is 2. The number of rotatable bonds is 3. The number of nitrogens with zero attached hydrogens (tertiary/aromatic N) is 4. The first-order chi connectivity index (χ1) is 11.3. The van der Waals surface area contributed by atoms with Crippen molar-refractivity contribution >= 4 is 29.7 Å². The van der Waals surface area contributed by atoms with Gasteiger partial charge in [-0.05, 0) is 29.8 Å². The Labute approximate surface area is 152 Å². The van der Waals surface area contributed by atoms with Crippen LogP contribution in [0, 0.1) is 0 Å². The summed E-state index contributed by atoms with van der Waals surface area (Å²) in [5.41, 5.74) is 3.28. The Balaban J connectivity index is 0.00000169. The van der Waals surface area contributed by atoms with Crippen LogP contribution in [0.2, 0.25) is 5.02 Å². The summed E-state index contributed by atoms with van der Waals surface area (Å²) in [7, 11) is 0. The fourth-order valence-corrected chi connectivity index (χ4v) is 3.32. The summed E-state index contributed by atoms with van der Waals surface area (Å²) < 4.78 is 1.99. The predicted octanol–water partition coefficient (Wildman–Crippen LogP) is 2.95. The Morgan fingerprint density at radius 2 is 2.00 bits per heavy atom. The van der Waals surface area contributed by atoms with Gasteiger partial charge in [0.15, 0.2) is 0 Å². The standard InChI is InChI=1S/C17H18ClN5.ClH/c18-14-1-2-17-21-15(12-23(17)10-14)11-22-8-7-20-9-16(22)13-3-5-19-6-4-13;/h1-6,10,12,16,20H,7-9,11H2;1H. The molecule has 1 aliphatic heterocycles. The van der Waals surface area contributed by atoms with Gasteiger partial charge in [-0.15, -0.1) is 12.4 Å². The van der Waals surface area contributed by atoms with E-state index in [1.54, 1.807) is 0 Å². The molecule has 5 nitrogen and oxygen atoms in total. The summed E-state index contributed by atoms with van der Waals surface area (Å²) in [6.07, 6.45) is 7.67. The molecule has 3 aromatic heterocycles. The summed E-state index contributed by atoms with van der Waals surface area (Å²) >= 11 is 6.05. The number of piperazine rings is 1. The highest BCUT2D eigenvalue weighted by Gasteiger charge is 2.24. The van der Waals surface area contributed by atoms with Crippen molar-refractivity contribution in [3.05, 3.63) is 65.3 Å². The van der Waals surface area contributed by atoms with Crippen molar-refractivity contribution in [3.63, 3.8) is 0 Å². The highest BCUT2D eigenvalue weighted by molar-refractivity contribution is 6.30. The molecule has 0 bridgehead atoms. The molecule has 4 heterocycles. The Kier molecular flexibility index (Phi) is 5.36. The van der Waals surface area contributed by atoms with Crippen molar-refractivity contribution in [1.82, 2.24) is 24.6 Å². The van der Waals surface area contributed by atoms with Gasteiger partial charge in [-0.2, -0.15) is 0 Å². The van der Waals surface area contributed by atoms with Crippen LogP contribution in [-0.2, 0) is 6.54 Å². The van der Waals surface area contributed by atoms with Gasteiger partial charge in [0.1, 0.15) is 5.65 Å². The van der Waals surface area contributed by atoms with E-state index in [-0.39, 0.29) is 12.4 Å². The summed E-state index contributed by atoms with van der Waals surface area (Å²) in [6, 6.07) is 8.35. The Morgan fingerprint density at radius 1 is 1.17 bits per heavy atom. The highest BCUT2D eigenvalue weighted by Crippen LogP contribution is 2.23. The summed E-state index contributed by atoms with van der Waals surface area (Å²) in [6.45, 7) is 3.78. The van der Waals surface area contributed by atoms with Gasteiger partial charge in [0.05, 0.1) is 10.7 Å². The van der Waals surface area contributed by atoms with E-state index in [0.717, 1.165) is 42.5 Å². The van der Waals surface area contributed by atoms with Gasteiger partial charge in [0, 0.05) is 57.0 Å². The molecule has 0 amide bonds. The third-order valence-corrected chi connectivity index (χ3v) is 4.50. The van der Waals surface area contributed by atoms with E-state index in [4.69, 9.17) is 16.6 Å². The fourth-order valence-electron chi connectivity index (χ4n) is 3.15. The van der Waals surface area contributed by atoms with Crippen molar-refractivity contribution in [1.29, 1.82) is 0 Å². The molecule has 1 N–H and O–H groups in total. The van der Waals surface area contributed by atoms with E-state index in [9.17, 15) is 0 Å². The number of pyridine rings is 2. The number of imidazole rings is 1. The van der Waals surface area contributed by atoms with Crippen molar-refractivity contribution in [2.75, 3.05) is 19.6 Å². The zero-order valence-electron chi connectivity index (χ0n) is 13.1. The lowest BCUT2D eigenvalue weighted by Gasteiger charge is -2.36. The lowest BCUT2D eigenvalue weighted by Crippen LogP contribution is -2.45. The van der Waals surface area contributed by atoms with Crippen molar-refractivity contribution < 1.29 is 0 Å². The Bertz CT molecular complexity index is 805. The molecule has 7 heteroatoms. The fraction of sp³-hybridized carbons (Fsp3) is 0.294. The van der Waals surface area contributed by atoms with E-state index >= 15 is 0 Å². The molecule has 1 aliphatic rings. The van der Waals surface area contributed by atoms with Crippen molar-refractivity contribution in [2.45, 2.75) is 12.6 Å². The molecule has 1 fully saturated rings. The minimum atomic E-state index is 0. The predicted molar refractivity (Wildman–Crippen MR) is 97.7 cm³/mol. The van der Waals surface area contributed by atoms with Crippen molar-refractivity contribution in [2.24, 2.45) is 0 Å². The number of hydrogen-bond acceptors (Lipinski definition) is 4. The zero-order chi connectivity index (χ0) is 15.6. The van der Waals surface area contributed by atoms with Gasteiger partial charge in [0.25, 0.3) is 0 Å². The van der Waals surface area contributed by atoms with E-state index in [1.807, 2.05) is 35.1 Å². The van der Waals surface area contributed by atoms with E-state index < -0.39 is 0 Å². The lowest BCUT2D eigenvalue weighted by atomic mass is 10.0. The average Bonchev–Trinajstić information content (AvgIpc) is 2.97. The third kappa shape index (κ3) is 3.54. The first kappa shape index (κ1) is 17.2. The molecule has 0 aliphatic carbocycles. The lowest BCUT2D eigenvalue weighted by molar-refractivity contribution is 0.152. The van der Waals surface area contributed by atoms with Crippen LogP contribution in [0.4, 0.5) is 0 Å². The van der Waals surface area contributed by atoms with Gasteiger partial charge >= 0.3 is 0 Å².